The fourth-order valence-electron chi connectivity index (χ4n) is 1.63. The number of alkyl halides is 1. The van der Waals surface area contributed by atoms with E-state index >= 15 is 0 Å². The summed E-state index contributed by atoms with van der Waals surface area (Å²) in [6, 6.07) is 0. The van der Waals surface area contributed by atoms with Crippen molar-refractivity contribution in [3.63, 3.8) is 0 Å². The first kappa shape index (κ1) is 11.5. The average Bonchev–Trinajstić information content (AvgIpc) is 2.93. The second-order valence-corrected chi connectivity index (χ2v) is 4.64. The zero-order valence-corrected chi connectivity index (χ0v) is 10.0. The summed E-state index contributed by atoms with van der Waals surface area (Å²) < 4.78 is 0. The molecular weight excluding hydrogens is 230 g/mol. The van der Waals surface area contributed by atoms with Crippen molar-refractivity contribution in [2.24, 2.45) is 5.41 Å². The van der Waals surface area contributed by atoms with E-state index in [-0.39, 0.29) is 0 Å². The number of hydrogen-bond acceptors (Lipinski definition) is 2. The average molecular weight is 250 g/mol. The molecule has 0 bridgehead atoms. The first-order valence-electron chi connectivity index (χ1n) is 5.15. The van der Waals surface area contributed by atoms with Gasteiger partial charge in [0.05, 0.1) is 0 Å². The van der Waals surface area contributed by atoms with Gasteiger partial charge in [-0.25, -0.2) is 0 Å². The zero-order chi connectivity index (χ0) is 9.73. The molecule has 0 radical (unpaired) electrons. The molecule has 1 aliphatic rings. The molecule has 13 heavy (non-hydrogen) atoms. The molecule has 0 aromatic carbocycles. The Hall–Kier alpha value is 0.400. The lowest BCUT2D eigenvalue weighted by Crippen LogP contribution is -2.32. The van der Waals surface area contributed by atoms with E-state index < -0.39 is 0 Å². The van der Waals surface area contributed by atoms with Gasteiger partial charge in [-0.2, -0.15) is 0 Å². The predicted octanol–water partition coefficient (Wildman–Crippen LogP) is 1.87. The highest BCUT2D eigenvalue weighted by molar-refractivity contribution is 9.09. The van der Waals surface area contributed by atoms with Crippen molar-refractivity contribution >= 4 is 15.9 Å². The van der Waals surface area contributed by atoms with Crippen molar-refractivity contribution in [1.29, 1.82) is 0 Å². The Labute approximate surface area is 89.4 Å². The smallest absolute Gasteiger partial charge is 0.0443 e. The van der Waals surface area contributed by atoms with Gasteiger partial charge in [-0.15, -0.1) is 0 Å². The highest BCUT2D eigenvalue weighted by Gasteiger charge is 2.42. The SMILES string of the molecule is CCN(CCCO)CC1(CBr)CC1. The molecular formula is C10H20BrNO. The van der Waals surface area contributed by atoms with Crippen LogP contribution in [0, 0.1) is 5.41 Å². The van der Waals surface area contributed by atoms with Crippen molar-refractivity contribution in [3.8, 4) is 0 Å². The molecule has 1 rings (SSSR count). The molecule has 0 aromatic heterocycles. The first-order valence-corrected chi connectivity index (χ1v) is 6.27. The van der Waals surface area contributed by atoms with Gasteiger partial charge >= 0.3 is 0 Å². The molecule has 1 aliphatic carbocycles. The van der Waals surface area contributed by atoms with E-state index in [1.165, 1.54) is 19.4 Å². The number of halogens is 1. The lowest BCUT2D eigenvalue weighted by atomic mass is 10.1. The van der Waals surface area contributed by atoms with Crippen LogP contribution in [0.2, 0.25) is 0 Å². The van der Waals surface area contributed by atoms with Crippen LogP contribution in [0.5, 0.6) is 0 Å². The van der Waals surface area contributed by atoms with Crippen LogP contribution in [-0.2, 0) is 0 Å². The van der Waals surface area contributed by atoms with E-state index in [0.717, 1.165) is 24.8 Å². The van der Waals surface area contributed by atoms with Crippen LogP contribution in [0.4, 0.5) is 0 Å². The highest BCUT2D eigenvalue weighted by Crippen LogP contribution is 2.47. The van der Waals surface area contributed by atoms with Crippen LogP contribution in [0.3, 0.4) is 0 Å². The molecule has 1 saturated carbocycles. The number of aliphatic hydroxyl groups excluding tert-OH is 1. The molecule has 0 aromatic rings. The number of aliphatic hydroxyl groups is 1. The van der Waals surface area contributed by atoms with Crippen LogP contribution in [0.15, 0.2) is 0 Å². The minimum absolute atomic E-state index is 0.317. The van der Waals surface area contributed by atoms with E-state index in [1.807, 2.05) is 0 Å². The largest absolute Gasteiger partial charge is 0.396 e. The summed E-state index contributed by atoms with van der Waals surface area (Å²) in [5.41, 5.74) is 0.575. The maximum atomic E-state index is 8.75. The molecule has 0 heterocycles. The van der Waals surface area contributed by atoms with Gasteiger partial charge < -0.3 is 10.0 Å². The Morgan fingerprint density at radius 2 is 2.15 bits per heavy atom. The van der Waals surface area contributed by atoms with Crippen LogP contribution in [0.1, 0.15) is 26.2 Å². The predicted molar refractivity (Wildman–Crippen MR) is 59.3 cm³/mol. The van der Waals surface area contributed by atoms with Gasteiger partial charge in [-0.05, 0) is 31.2 Å². The normalized spacial score (nSPS) is 19.4. The van der Waals surface area contributed by atoms with E-state index in [2.05, 4.69) is 27.8 Å². The minimum Gasteiger partial charge on any atom is -0.396 e. The van der Waals surface area contributed by atoms with Crippen molar-refractivity contribution < 1.29 is 5.11 Å². The second kappa shape index (κ2) is 5.32. The van der Waals surface area contributed by atoms with E-state index in [4.69, 9.17) is 5.11 Å². The number of rotatable bonds is 7. The van der Waals surface area contributed by atoms with Gasteiger partial charge in [0.15, 0.2) is 0 Å². The summed E-state index contributed by atoms with van der Waals surface area (Å²) in [4.78, 5) is 2.45. The molecule has 0 amide bonds. The Balaban J connectivity index is 2.22. The third-order valence-electron chi connectivity index (χ3n) is 2.88. The minimum atomic E-state index is 0.317. The van der Waals surface area contributed by atoms with Gasteiger partial charge in [0.25, 0.3) is 0 Å². The van der Waals surface area contributed by atoms with Crippen molar-refractivity contribution in [2.45, 2.75) is 26.2 Å². The standard InChI is InChI=1S/C10H20BrNO/c1-2-12(6-3-7-13)9-10(8-11)4-5-10/h13H,2-9H2,1H3. The molecule has 2 nitrogen and oxygen atoms in total. The van der Waals surface area contributed by atoms with E-state index in [0.29, 0.717) is 12.0 Å². The molecule has 0 unspecified atom stereocenters. The molecule has 3 heteroatoms. The lowest BCUT2D eigenvalue weighted by molar-refractivity contribution is 0.207. The quantitative estimate of drug-likeness (QED) is 0.697. The van der Waals surface area contributed by atoms with Crippen LogP contribution < -0.4 is 0 Å². The molecule has 78 valence electrons. The van der Waals surface area contributed by atoms with Crippen molar-refractivity contribution in [2.75, 3.05) is 31.6 Å². The monoisotopic (exact) mass is 249 g/mol. The zero-order valence-electron chi connectivity index (χ0n) is 8.43. The fraction of sp³-hybridized carbons (Fsp3) is 1.00. The molecule has 1 N–H and O–H groups in total. The highest BCUT2D eigenvalue weighted by atomic mass is 79.9. The van der Waals surface area contributed by atoms with Crippen LogP contribution in [-0.4, -0.2) is 41.6 Å². The maximum absolute atomic E-state index is 8.75. The molecule has 0 saturated heterocycles. The number of hydrogen-bond donors (Lipinski definition) is 1. The summed E-state index contributed by atoms with van der Waals surface area (Å²) in [6.45, 7) is 5.87. The van der Waals surface area contributed by atoms with E-state index in [9.17, 15) is 0 Å². The molecule has 1 fully saturated rings. The van der Waals surface area contributed by atoms with Gasteiger partial charge in [0.2, 0.25) is 0 Å². The summed E-state index contributed by atoms with van der Waals surface area (Å²) in [5.74, 6) is 0. The van der Waals surface area contributed by atoms with Crippen LogP contribution in [0.25, 0.3) is 0 Å². The van der Waals surface area contributed by atoms with Crippen molar-refractivity contribution in [3.05, 3.63) is 0 Å². The third-order valence-corrected chi connectivity index (χ3v) is 4.07. The van der Waals surface area contributed by atoms with Gasteiger partial charge in [0.1, 0.15) is 0 Å². The summed E-state index contributed by atoms with van der Waals surface area (Å²) in [5, 5.41) is 9.88. The Morgan fingerprint density at radius 1 is 1.46 bits per heavy atom. The summed E-state index contributed by atoms with van der Waals surface area (Å²) >= 11 is 3.58. The van der Waals surface area contributed by atoms with E-state index in [1.54, 1.807) is 0 Å². The Morgan fingerprint density at radius 3 is 2.54 bits per heavy atom. The van der Waals surface area contributed by atoms with Gasteiger partial charge in [-0.1, -0.05) is 22.9 Å². The molecule has 0 spiro atoms. The maximum Gasteiger partial charge on any atom is 0.0443 e. The second-order valence-electron chi connectivity index (χ2n) is 4.08. The topological polar surface area (TPSA) is 23.5 Å². The number of nitrogens with zero attached hydrogens (tertiary/aromatic N) is 1. The van der Waals surface area contributed by atoms with Crippen molar-refractivity contribution in [1.82, 2.24) is 4.90 Å². The van der Waals surface area contributed by atoms with Gasteiger partial charge in [-0.3, -0.25) is 0 Å². The third kappa shape index (κ3) is 3.56. The summed E-state index contributed by atoms with van der Waals surface area (Å²) in [6.07, 6.45) is 3.65. The summed E-state index contributed by atoms with van der Waals surface area (Å²) in [7, 11) is 0. The van der Waals surface area contributed by atoms with Crippen LogP contribution >= 0.6 is 15.9 Å². The van der Waals surface area contributed by atoms with Gasteiger partial charge in [0, 0.05) is 25.0 Å². The molecule has 0 aliphatic heterocycles. The fourth-order valence-corrected chi connectivity index (χ4v) is 2.37. The Kier molecular flexibility index (Phi) is 4.70. The Bertz CT molecular complexity index is 148. The first-order chi connectivity index (χ1) is 6.26. The molecule has 0 atom stereocenters. The lowest BCUT2D eigenvalue weighted by Gasteiger charge is -2.24.